The molecule has 98 valence electrons. The van der Waals surface area contributed by atoms with Crippen LogP contribution in [0.5, 0.6) is 0 Å². The lowest BCUT2D eigenvalue weighted by Gasteiger charge is -2.08. The van der Waals surface area contributed by atoms with Crippen molar-refractivity contribution in [1.82, 2.24) is 9.97 Å². The number of rotatable bonds is 4. The second-order valence-corrected chi connectivity index (χ2v) is 4.28. The number of anilines is 1. The van der Waals surface area contributed by atoms with Crippen LogP contribution in [-0.2, 0) is 6.54 Å². The Morgan fingerprint density at radius 2 is 2.05 bits per heavy atom. The Morgan fingerprint density at radius 3 is 2.68 bits per heavy atom. The molecule has 2 rings (SSSR count). The highest BCUT2D eigenvalue weighted by Crippen LogP contribution is 2.11. The lowest BCUT2D eigenvalue weighted by atomic mass is 10.1. The predicted octanol–water partition coefficient (Wildman–Crippen LogP) is 2.40. The molecule has 5 nitrogen and oxygen atoms in total. The molecule has 0 spiro atoms. The second-order valence-electron chi connectivity index (χ2n) is 4.28. The summed E-state index contributed by atoms with van der Waals surface area (Å²) >= 11 is 0. The number of carboxylic acids is 1. The average molecular weight is 257 g/mol. The van der Waals surface area contributed by atoms with E-state index in [0.29, 0.717) is 18.2 Å². The number of hydrogen-bond donors (Lipinski definition) is 2. The van der Waals surface area contributed by atoms with Crippen LogP contribution in [0.1, 0.15) is 27.2 Å². The molecule has 0 aliphatic rings. The van der Waals surface area contributed by atoms with Crippen LogP contribution in [-0.4, -0.2) is 21.0 Å². The third-order valence-electron chi connectivity index (χ3n) is 2.91. The lowest BCUT2D eigenvalue weighted by Crippen LogP contribution is -2.09. The van der Waals surface area contributed by atoms with Gasteiger partial charge < -0.3 is 10.4 Å². The molecule has 0 aliphatic heterocycles. The second kappa shape index (κ2) is 5.48. The molecule has 0 aliphatic carbocycles. The number of carboxylic acid groups (broad SMARTS) is 1. The molecule has 0 fully saturated rings. The van der Waals surface area contributed by atoms with Crippen LogP contribution in [0.3, 0.4) is 0 Å². The third kappa shape index (κ3) is 3.07. The molecule has 0 saturated carbocycles. The number of aromatic carboxylic acids is 1. The third-order valence-corrected chi connectivity index (χ3v) is 2.91. The maximum absolute atomic E-state index is 10.9. The van der Waals surface area contributed by atoms with Gasteiger partial charge in [0.1, 0.15) is 0 Å². The van der Waals surface area contributed by atoms with Crippen LogP contribution in [0.15, 0.2) is 30.5 Å². The van der Waals surface area contributed by atoms with Gasteiger partial charge in [-0.25, -0.2) is 14.8 Å². The Morgan fingerprint density at radius 1 is 1.32 bits per heavy atom. The van der Waals surface area contributed by atoms with Crippen molar-refractivity contribution in [3.63, 3.8) is 0 Å². The van der Waals surface area contributed by atoms with Gasteiger partial charge in [-0.3, -0.25) is 0 Å². The smallest absolute Gasteiger partial charge is 0.339 e. The lowest BCUT2D eigenvalue weighted by molar-refractivity contribution is 0.0695. The largest absolute Gasteiger partial charge is 0.478 e. The highest BCUT2D eigenvalue weighted by atomic mass is 16.4. The summed E-state index contributed by atoms with van der Waals surface area (Å²) in [6.45, 7) is 4.30. The molecule has 0 bridgehead atoms. The molecular formula is C14H15N3O2. The van der Waals surface area contributed by atoms with Crippen LogP contribution in [0.4, 0.5) is 5.95 Å². The van der Waals surface area contributed by atoms with Crippen LogP contribution in [0.2, 0.25) is 0 Å². The summed E-state index contributed by atoms with van der Waals surface area (Å²) in [7, 11) is 0. The highest BCUT2D eigenvalue weighted by Gasteiger charge is 2.09. The normalized spacial score (nSPS) is 10.2. The Balaban J connectivity index is 2.11. The van der Waals surface area contributed by atoms with Crippen molar-refractivity contribution in [3.8, 4) is 0 Å². The fourth-order valence-electron chi connectivity index (χ4n) is 1.74. The summed E-state index contributed by atoms with van der Waals surface area (Å²) in [6.07, 6.45) is 1.32. The predicted molar refractivity (Wildman–Crippen MR) is 72.2 cm³/mol. The first-order chi connectivity index (χ1) is 9.08. The van der Waals surface area contributed by atoms with Crippen molar-refractivity contribution >= 4 is 11.9 Å². The fourth-order valence-corrected chi connectivity index (χ4v) is 1.74. The van der Waals surface area contributed by atoms with E-state index in [4.69, 9.17) is 5.11 Å². The highest BCUT2D eigenvalue weighted by molar-refractivity contribution is 5.88. The maximum atomic E-state index is 10.9. The first-order valence-corrected chi connectivity index (χ1v) is 5.93. The molecule has 0 amide bonds. The van der Waals surface area contributed by atoms with Crippen molar-refractivity contribution in [2.75, 3.05) is 5.32 Å². The van der Waals surface area contributed by atoms with Crippen LogP contribution in [0, 0.1) is 13.8 Å². The van der Waals surface area contributed by atoms with Crippen molar-refractivity contribution in [1.29, 1.82) is 0 Å². The number of carbonyl (C=O) groups is 1. The molecular weight excluding hydrogens is 242 g/mol. The topological polar surface area (TPSA) is 75.1 Å². The van der Waals surface area contributed by atoms with E-state index in [9.17, 15) is 4.79 Å². The molecule has 1 heterocycles. The molecule has 5 heteroatoms. The van der Waals surface area contributed by atoms with Crippen molar-refractivity contribution in [2.45, 2.75) is 20.4 Å². The zero-order chi connectivity index (χ0) is 13.8. The van der Waals surface area contributed by atoms with Gasteiger partial charge >= 0.3 is 5.97 Å². The van der Waals surface area contributed by atoms with Crippen molar-refractivity contribution < 1.29 is 9.90 Å². The molecule has 0 radical (unpaired) electrons. The first-order valence-electron chi connectivity index (χ1n) is 5.93. The molecule has 0 unspecified atom stereocenters. The zero-order valence-electron chi connectivity index (χ0n) is 10.8. The van der Waals surface area contributed by atoms with Gasteiger partial charge in [-0.15, -0.1) is 0 Å². The summed E-state index contributed by atoms with van der Waals surface area (Å²) in [5.74, 6) is -0.575. The monoisotopic (exact) mass is 257 g/mol. The van der Waals surface area contributed by atoms with Gasteiger partial charge in [0.2, 0.25) is 5.95 Å². The van der Waals surface area contributed by atoms with E-state index in [-0.39, 0.29) is 5.56 Å². The molecule has 2 aromatic rings. The van der Waals surface area contributed by atoms with Crippen molar-refractivity contribution in [2.24, 2.45) is 0 Å². The Hall–Kier alpha value is -2.43. The van der Waals surface area contributed by atoms with Gasteiger partial charge in [-0.2, -0.15) is 0 Å². The molecule has 1 aromatic heterocycles. The molecule has 2 N–H and O–H groups in total. The van der Waals surface area contributed by atoms with Crippen LogP contribution < -0.4 is 5.32 Å². The summed E-state index contributed by atoms with van der Waals surface area (Å²) in [5, 5.41) is 12.0. The zero-order valence-corrected chi connectivity index (χ0v) is 10.8. The minimum absolute atomic E-state index is 0.126. The average Bonchev–Trinajstić information content (AvgIpc) is 2.37. The van der Waals surface area contributed by atoms with Crippen LogP contribution >= 0.6 is 0 Å². The standard InChI is InChI=1S/C14H15N3O2/c1-9-5-3-4-6-11(9)7-15-14-16-8-12(13(18)19)10(2)17-14/h3-6,8H,7H2,1-2H3,(H,18,19)(H,15,16,17). The minimum Gasteiger partial charge on any atom is -0.478 e. The summed E-state index contributed by atoms with van der Waals surface area (Å²) < 4.78 is 0. The molecule has 19 heavy (non-hydrogen) atoms. The number of benzene rings is 1. The minimum atomic E-state index is -1.01. The van der Waals surface area contributed by atoms with Gasteiger partial charge in [-0.05, 0) is 25.0 Å². The summed E-state index contributed by atoms with van der Waals surface area (Å²) in [6, 6.07) is 8.03. The van der Waals surface area contributed by atoms with Gasteiger partial charge in [0.25, 0.3) is 0 Å². The van der Waals surface area contributed by atoms with Gasteiger partial charge in [-0.1, -0.05) is 24.3 Å². The van der Waals surface area contributed by atoms with E-state index in [1.165, 1.54) is 11.8 Å². The van der Waals surface area contributed by atoms with E-state index in [0.717, 1.165) is 5.56 Å². The summed E-state index contributed by atoms with van der Waals surface area (Å²) in [5.41, 5.74) is 2.93. The Kier molecular flexibility index (Phi) is 3.75. The van der Waals surface area contributed by atoms with E-state index < -0.39 is 5.97 Å². The number of aromatic nitrogens is 2. The van der Waals surface area contributed by atoms with Gasteiger partial charge in [0.05, 0.1) is 11.3 Å². The maximum Gasteiger partial charge on any atom is 0.339 e. The van der Waals surface area contributed by atoms with E-state index in [2.05, 4.69) is 15.3 Å². The van der Waals surface area contributed by atoms with Crippen molar-refractivity contribution in [3.05, 3.63) is 52.8 Å². The fraction of sp³-hybridized carbons (Fsp3) is 0.214. The van der Waals surface area contributed by atoms with Gasteiger partial charge in [0, 0.05) is 12.7 Å². The quantitative estimate of drug-likeness (QED) is 0.879. The number of nitrogens with one attached hydrogen (secondary N) is 1. The number of nitrogens with zero attached hydrogens (tertiary/aromatic N) is 2. The van der Waals surface area contributed by atoms with E-state index in [1.807, 2.05) is 31.2 Å². The van der Waals surface area contributed by atoms with E-state index >= 15 is 0 Å². The van der Waals surface area contributed by atoms with E-state index in [1.54, 1.807) is 6.92 Å². The van der Waals surface area contributed by atoms with Crippen LogP contribution in [0.25, 0.3) is 0 Å². The molecule has 0 atom stereocenters. The van der Waals surface area contributed by atoms with Gasteiger partial charge in [0.15, 0.2) is 0 Å². The first kappa shape index (κ1) is 13.0. The summed E-state index contributed by atoms with van der Waals surface area (Å²) in [4.78, 5) is 19.0. The molecule has 0 saturated heterocycles. The Labute approximate surface area is 111 Å². The molecule has 1 aromatic carbocycles. The SMILES string of the molecule is Cc1ccccc1CNc1ncc(C(=O)O)c(C)n1. The Bertz CT molecular complexity index is 611. The number of hydrogen-bond acceptors (Lipinski definition) is 4. The number of aryl methyl sites for hydroxylation is 2.